The number of benzene rings is 10. The molecule has 0 aliphatic heterocycles. The second kappa shape index (κ2) is 16.1. The van der Waals surface area contributed by atoms with Crippen LogP contribution >= 0.6 is 0 Å². The predicted octanol–water partition coefficient (Wildman–Crippen LogP) is 17.6. The van der Waals surface area contributed by atoms with Crippen molar-refractivity contribution in [2.75, 3.05) is 0 Å². The third kappa shape index (κ3) is 6.59. The molecule has 0 spiro atoms. The van der Waals surface area contributed by atoms with Crippen molar-refractivity contribution in [1.82, 2.24) is 15.0 Å². The first-order valence-electron chi connectivity index (χ1n) is 23.6. The highest BCUT2D eigenvalue weighted by Crippen LogP contribution is 2.47. The van der Waals surface area contributed by atoms with E-state index in [4.69, 9.17) is 23.8 Å². The van der Waals surface area contributed by atoms with Crippen molar-refractivity contribution in [1.29, 1.82) is 0 Å². The van der Waals surface area contributed by atoms with E-state index < -0.39 is 0 Å². The van der Waals surface area contributed by atoms with Crippen LogP contribution in [0.15, 0.2) is 245 Å². The number of hydrogen-bond acceptors (Lipinski definition) is 5. The van der Waals surface area contributed by atoms with E-state index in [1.54, 1.807) is 0 Å². The Balaban J connectivity index is 0.842. The lowest BCUT2D eigenvalue weighted by Gasteiger charge is -2.16. The second-order valence-corrected chi connectivity index (χ2v) is 17.8. The second-order valence-electron chi connectivity index (χ2n) is 17.8. The molecule has 5 heteroatoms. The fourth-order valence-electron chi connectivity index (χ4n) is 10.3. The summed E-state index contributed by atoms with van der Waals surface area (Å²) < 4.78 is 13.0. The van der Waals surface area contributed by atoms with Crippen molar-refractivity contribution >= 4 is 65.6 Å². The number of furan rings is 2. The van der Waals surface area contributed by atoms with Gasteiger partial charge in [-0.3, -0.25) is 0 Å². The van der Waals surface area contributed by atoms with Crippen LogP contribution in [0.4, 0.5) is 0 Å². The Hall–Kier alpha value is -9.45. The summed E-state index contributed by atoms with van der Waals surface area (Å²) in [6.45, 7) is 0. The molecular weight excluding hydrogens is 855 g/mol. The monoisotopic (exact) mass is 893 g/mol. The number of fused-ring (bicyclic) bond motifs is 9. The normalized spacial score (nSPS) is 11.7. The Kier molecular flexibility index (Phi) is 9.14. The van der Waals surface area contributed by atoms with Gasteiger partial charge >= 0.3 is 0 Å². The van der Waals surface area contributed by atoms with Crippen molar-refractivity contribution in [3.63, 3.8) is 0 Å². The minimum absolute atomic E-state index is 0.665. The first kappa shape index (κ1) is 39.7. The minimum Gasteiger partial charge on any atom is -0.456 e. The summed E-state index contributed by atoms with van der Waals surface area (Å²) in [7, 11) is 0. The third-order valence-corrected chi connectivity index (χ3v) is 13.7. The molecule has 4 heterocycles. The smallest absolute Gasteiger partial charge is 0.160 e. The molecule has 0 aliphatic carbocycles. The quantitative estimate of drug-likeness (QED) is 0.149. The zero-order valence-electron chi connectivity index (χ0n) is 37.7. The van der Waals surface area contributed by atoms with Gasteiger partial charge in [-0.2, -0.15) is 0 Å². The SMILES string of the molecule is c1ccc(-c2cc(-c3ccc(-c4cccc5c4oc4ccccc45)cc3)nc(-c3ccc(-c4ccc(-c5c6c(cc7c(-c8ccccc8)nc8ccccc8c57)oc5ccccc56)cc4)cc3)n2)cc1. The molecule has 4 aromatic heterocycles. The van der Waals surface area contributed by atoms with Gasteiger partial charge in [-0.1, -0.05) is 206 Å². The molecule has 0 radical (unpaired) electrons. The highest BCUT2D eigenvalue weighted by molar-refractivity contribution is 6.27. The van der Waals surface area contributed by atoms with Crippen molar-refractivity contribution in [2.45, 2.75) is 0 Å². The number of para-hydroxylation sites is 4. The van der Waals surface area contributed by atoms with Gasteiger partial charge in [0.15, 0.2) is 5.82 Å². The molecule has 5 nitrogen and oxygen atoms in total. The number of pyridine rings is 1. The van der Waals surface area contributed by atoms with E-state index in [2.05, 4.69) is 194 Å². The van der Waals surface area contributed by atoms with Gasteiger partial charge in [0.25, 0.3) is 0 Å². The third-order valence-electron chi connectivity index (χ3n) is 13.7. The Morgan fingerprint density at radius 2 is 0.814 bits per heavy atom. The molecule has 0 bridgehead atoms. The van der Waals surface area contributed by atoms with Crippen molar-refractivity contribution in [3.8, 4) is 78.5 Å². The zero-order valence-corrected chi connectivity index (χ0v) is 37.7. The number of nitrogens with zero attached hydrogens (tertiary/aromatic N) is 3. The van der Waals surface area contributed by atoms with Crippen LogP contribution in [0.5, 0.6) is 0 Å². The molecule has 0 N–H and O–H groups in total. The summed E-state index contributed by atoms with van der Waals surface area (Å²) in [4.78, 5) is 15.6. The summed E-state index contributed by atoms with van der Waals surface area (Å²) in [6.07, 6.45) is 0. The van der Waals surface area contributed by atoms with Crippen LogP contribution in [0.2, 0.25) is 0 Å². The topological polar surface area (TPSA) is 65.0 Å². The Morgan fingerprint density at radius 3 is 1.53 bits per heavy atom. The van der Waals surface area contributed by atoms with Gasteiger partial charge in [0, 0.05) is 71.1 Å². The zero-order chi connectivity index (χ0) is 46.1. The maximum Gasteiger partial charge on any atom is 0.160 e. The highest BCUT2D eigenvalue weighted by atomic mass is 16.3. The molecule has 0 unspecified atom stereocenters. The van der Waals surface area contributed by atoms with Crippen LogP contribution < -0.4 is 0 Å². The largest absolute Gasteiger partial charge is 0.456 e. The fourth-order valence-corrected chi connectivity index (χ4v) is 10.3. The van der Waals surface area contributed by atoms with Gasteiger partial charge in [-0.05, 0) is 52.6 Å². The lowest BCUT2D eigenvalue weighted by atomic mass is 9.89. The lowest BCUT2D eigenvalue weighted by molar-refractivity contribution is 0.669. The fraction of sp³-hybridized carbons (Fsp3) is 0. The van der Waals surface area contributed by atoms with E-state index >= 15 is 0 Å². The first-order valence-corrected chi connectivity index (χ1v) is 23.6. The van der Waals surface area contributed by atoms with Crippen LogP contribution in [0.1, 0.15) is 0 Å². The van der Waals surface area contributed by atoms with E-state index in [0.29, 0.717) is 5.82 Å². The summed E-state index contributed by atoms with van der Waals surface area (Å²) in [5.41, 5.74) is 17.7. The first-order chi connectivity index (χ1) is 34.7. The summed E-state index contributed by atoms with van der Waals surface area (Å²) >= 11 is 0. The van der Waals surface area contributed by atoms with Gasteiger partial charge in [0.2, 0.25) is 0 Å². The van der Waals surface area contributed by atoms with E-state index in [-0.39, 0.29) is 0 Å². The molecule has 0 saturated carbocycles. The van der Waals surface area contributed by atoms with E-state index in [9.17, 15) is 0 Å². The van der Waals surface area contributed by atoms with Crippen LogP contribution in [0, 0.1) is 0 Å². The minimum atomic E-state index is 0.665. The molecule has 0 aliphatic rings. The van der Waals surface area contributed by atoms with Crippen molar-refractivity contribution in [2.24, 2.45) is 0 Å². The van der Waals surface area contributed by atoms with Gasteiger partial charge < -0.3 is 8.83 Å². The lowest BCUT2D eigenvalue weighted by Crippen LogP contribution is -1.96. The number of rotatable bonds is 7. The molecule has 0 atom stereocenters. The molecule has 14 aromatic rings. The number of hydrogen-bond donors (Lipinski definition) is 0. The molecule has 326 valence electrons. The van der Waals surface area contributed by atoms with Crippen molar-refractivity contribution < 1.29 is 8.83 Å². The van der Waals surface area contributed by atoms with Gasteiger partial charge in [0.1, 0.15) is 22.3 Å². The standard InChI is InChI=1S/C65H39N3O2/c1-3-14-43(15-4-1)55-39-56(44-32-30-42(31-33-44)48-21-13-22-50-49-18-8-11-24-57(49)70-64(48)50)68-65(67-55)47-36-28-41(29-37-47)40-26-34-45(35-27-40)60-61-51-19-7-10-23-54(51)66-63(46-16-5-2-6-17-46)53(61)38-59-62(60)52-20-9-12-25-58(52)69-59/h1-39H. The molecule has 70 heavy (non-hydrogen) atoms. The molecule has 0 amide bonds. The van der Waals surface area contributed by atoms with Crippen LogP contribution in [-0.2, 0) is 0 Å². The molecule has 10 aromatic carbocycles. The van der Waals surface area contributed by atoms with Gasteiger partial charge in [-0.25, -0.2) is 15.0 Å². The molecule has 0 fully saturated rings. The van der Waals surface area contributed by atoms with E-state index in [1.165, 1.54) is 0 Å². The molecule has 0 saturated heterocycles. The van der Waals surface area contributed by atoms with Gasteiger partial charge in [0.05, 0.1) is 22.6 Å². The summed E-state index contributed by atoms with van der Waals surface area (Å²) in [5, 5.41) is 7.75. The van der Waals surface area contributed by atoms with E-state index in [0.717, 1.165) is 138 Å². The van der Waals surface area contributed by atoms with E-state index in [1.807, 2.05) is 42.5 Å². The van der Waals surface area contributed by atoms with Crippen LogP contribution in [0.25, 0.3) is 144 Å². The Morgan fingerprint density at radius 1 is 0.286 bits per heavy atom. The highest BCUT2D eigenvalue weighted by Gasteiger charge is 2.22. The number of aromatic nitrogens is 3. The van der Waals surface area contributed by atoms with Crippen LogP contribution in [-0.4, -0.2) is 15.0 Å². The molecular formula is C65H39N3O2. The average molecular weight is 894 g/mol. The maximum absolute atomic E-state index is 6.63. The maximum atomic E-state index is 6.63. The summed E-state index contributed by atoms with van der Waals surface area (Å²) in [5.74, 6) is 0.665. The predicted molar refractivity (Wildman–Crippen MR) is 287 cm³/mol. The average Bonchev–Trinajstić information content (AvgIpc) is 4.01. The molecule has 14 rings (SSSR count). The Labute approximate surface area is 402 Å². The Bertz CT molecular complexity index is 4310. The van der Waals surface area contributed by atoms with Gasteiger partial charge in [-0.15, -0.1) is 0 Å². The van der Waals surface area contributed by atoms with Crippen molar-refractivity contribution in [3.05, 3.63) is 237 Å². The summed E-state index contributed by atoms with van der Waals surface area (Å²) in [6, 6.07) is 82.6. The van der Waals surface area contributed by atoms with Crippen LogP contribution in [0.3, 0.4) is 0 Å².